The first-order valence-electron chi connectivity index (χ1n) is 12.7. The van der Waals surface area contributed by atoms with Crippen molar-refractivity contribution in [2.24, 2.45) is 5.92 Å². The molecule has 0 spiro atoms. The van der Waals surface area contributed by atoms with Gasteiger partial charge in [-0.25, -0.2) is 9.59 Å². The van der Waals surface area contributed by atoms with Crippen molar-refractivity contribution < 1.29 is 30.0 Å². The molecule has 0 fully saturated rings. The second-order valence-corrected chi connectivity index (χ2v) is 9.08. The maximum Gasteiger partial charge on any atom is 0.335 e. The molecule has 200 valence electrons. The normalized spacial score (nSPS) is 13.8. The zero-order valence-corrected chi connectivity index (χ0v) is 22.1. The third-order valence-electron chi connectivity index (χ3n) is 5.52. The van der Waals surface area contributed by atoms with Crippen molar-refractivity contribution in [1.82, 2.24) is 0 Å². The van der Waals surface area contributed by atoms with Gasteiger partial charge in [-0.3, -0.25) is 0 Å². The van der Waals surface area contributed by atoms with E-state index in [9.17, 15) is 19.8 Å². The third-order valence-corrected chi connectivity index (χ3v) is 5.52. The number of hydrogen-bond acceptors (Lipinski definition) is 4. The number of unbranched alkanes of at least 4 members (excludes halogenated alkanes) is 3. The number of hydrogen-bond donors (Lipinski definition) is 4. The van der Waals surface area contributed by atoms with Crippen LogP contribution < -0.4 is 0 Å². The minimum Gasteiger partial charge on any atom is -0.478 e. The Bertz CT molecular complexity index is 814. The summed E-state index contributed by atoms with van der Waals surface area (Å²) >= 11 is 0. The van der Waals surface area contributed by atoms with E-state index in [1.165, 1.54) is 19.3 Å². The van der Waals surface area contributed by atoms with Crippen LogP contribution in [-0.2, 0) is 0 Å². The molecule has 6 nitrogen and oxygen atoms in total. The summed E-state index contributed by atoms with van der Waals surface area (Å²) in [5, 5.41) is 36.6. The molecule has 3 atom stereocenters. The van der Waals surface area contributed by atoms with Gasteiger partial charge in [-0.15, -0.1) is 0 Å². The van der Waals surface area contributed by atoms with E-state index < -0.39 is 23.6 Å². The Morgan fingerprint density at radius 1 is 0.833 bits per heavy atom. The SMILES string of the molecule is CCCCCC=CC(C)CC(O)(CC)CC(C)O.O=C(O)c1ccccc1.O=C(O)c1ccccc1. The summed E-state index contributed by atoms with van der Waals surface area (Å²) < 4.78 is 0. The van der Waals surface area contributed by atoms with Crippen molar-refractivity contribution in [3.8, 4) is 0 Å². The topological polar surface area (TPSA) is 115 Å². The number of aromatic carboxylic acids is 2. The lowest BCUT2D eigenvalue weighted by Crippen LogP contribution is -2.33. The number of benzene rings is 2. The van der Waals surface area contributed by atoms with Crippen molar-refractivity contribution in [2.75, 3.05) is 0 Å². The minimum atomic E-state index is -0.879. The average molecular weight is 501 g/mol. The summed E-state index contributed by atoms with van der Waals surface area (Å²) in [5.41, 5.74) is -0.0589. The van der Waals surface area contributed by atoms with Gasteiger partial charge < -0.3 is 20.4 Å². The zero-order valence-electron chi connectivity index (χ0n) is 22.1. The fraction of sp³-hybridized carbons (Fsp3) is 0.467. The predicted molar refractivity (Wildman–Crippen MR) is 145 cm³/mol. The van der Waals surface area contributed by atoms with Gasteiger partial charge in [0.1, 0.15) is 0 Å². The average Bonchev–Trinajstić information content (AvgIpc) is 2.85. The molecule has 2 aromatic rings. The van der Waals surface area contributed by atoms with Crippen molar-refractivity contribution in [3.05, 3.63) is 83.9 Å². The van der Waals surface area contributed by atoms with Gasteiger partial charge in [0, 0.05) is 6.42 Å². The largest absolute Gasteiger partial charge is 0.478 e. The highest BCUT2D eigenvalue weighted by Crippen LogP contribution is 2.26. The summed E-state index contributed by atoms with van der Waals surface area (Å²) in [6.07, 6.45) is 10.9. The van der Waals surface area contributed by atoms with Gasteiger partial charge in [0.15, 0.2) is 0 Å². The van der Waals surface area contributed by atoms with Gasteiger partial charge >= 0.3 is 11.9 Å². The highest BCUT2D eigenvalue weighted by atomic mass is 16.4. The molecule has 0 saturated heterocycles. The maximum absolute atomic E-state index is 10.4. The van der Waals surface area contributed by atoms with Crippen LogP contribution in [0.3, 0.4) is 0 Å². The fourth-order valence-electron chi connectivity index (χ4n) is 3.59. The number of carbonyl (C=O) groups is 2. The quantitative estimate of drug-likeness (QED) is 0.187. The van der Waals surface area contributed by atoms with Crippen LogP contribution in [0.15, 0.2) is 72.8 Å². The Morgan fingerprint density at radius 2 is 1.31 bits per heavy atom. The maximum atomic E-state index is 10.4. The Morgan fingerprint density at radius 3 is 1.64 bits per heavy atom. The van der Waals surface area contributed by atoms with E-state index in [4.69, 9.17) is 10.2 Å². The number of carboxylic acids is 2. The molecule has 0 aliphatic heterocycles. The molecule has 2 rings (SSSR count). The Labute approximate surface area is 216 Å². The molecular weight excluding hydrogens is 456 g/mol. The van der Waals surface area contributed by atoms with E-state index in [0.717, 1.165) is 12.8 Å². The smallest absolute Gasteiger partial charge is 0.335 e. The summed E-state index contributed by atoms with van der Waals surface area (Å²) in [4.78, 5) is 20.4. The van der Waals surface area contributed by atoms with E-state index >= 15 is 0 Å². The van der Waals surface area contributed by atoms with Crippen LogP contribution in [0.25, 0.3) is 0 Å². The van der Waals surface area contributed by atoms with Gasteiger partial charge in [-0.1, -0.05) is 82.2 Å². The second-order valence-electron chi connectivity index (χ2n) is 9.08. The monoisotopic (exact) mass is 500 g/mol. The van der Waals surface area contributed by atoms with Crippen LogP contribution in [0.1, 0.15) is 93.4 Å². The highest BCUT2D eigenvalue weighted by Gasteiger charge is 2.27. The van der Waals surface area contributed by atoms with E-state index in [1.807, 2.05) is 6.92 Å². The summed E-state index contributed by atoms with van der Waals surface area (Å²) in [6, 6.07) is 16.6. The molecule has 2 aromatic carbocycles. The van der Waals surface area contributed by atoms with Gasteiger partial charge in [0.25, 0.3) is 0 Å². The zero-order chi connectivity index (χ0) is 27.4. The van der Waals surface area contributed by atoms with Crippen LogP contribution in [0.5, 0.6) is 0 Å². The van der Waals surface area contributed by atoms with Crippen molar-refractivity contribution in [1.29, 1.82) is 0 Å². The number of rotatable bonds is 12. The first-order chi connectivity index (χ1) is 17.0. The number of aliphatic hydroxyl groups is 2. The molecule has 36 heavy (non-hydrogen) atoms. The van der Waals surface area contributed by atoms with Crippen LogP contribution >= 0.6 is 0 Å². The van der Waals surface area contributed by atoms with E-state index in [0.29, 0.717) is 29.9 Å². The summed E-state index contributed by atoms with van der Waals surface area (Å²) in [7, 11) is 0. The molecule has 6 heteroatoms. The first-order valence-corrected chi connectivity index (χ1v) is 12.7. The predicted octanol–water partition coefficient (Wildman–Crippen LogP) is 6.83. The van der Waals surface area contributed by atoms with Gasteiger partial charge in [-0.2, -0.15) is 0 Å². The Kier molecular flexibility index (Phi) is 17.7. The van der Waals surface area contributed by atoms with Gasteiger partial charge in [-0.05, 0) is 62.8 Å². The summed E-state index contributed by atoms with van der Waals surface area (Å²) in [5.74, 6) is -1.39. The van der Waals surface area contributed by atoms with Gasteiger partial charge in [0.05, 0.1) is 22.8 Å². The van der Waals surface area contributed by atoms with E-state index in [2.05, 4.69) is 26.0 Å². The molecule has 0 aliphatic carbocycles. The summed E-state index contributed by atoms with van der Waals surface area (Å²) in [6.45, 7) is 8.08. The first kappa shape index (κ1) is 33.0. The van der Waals surface area contributed by atoms with E-state index in [1.54, 1.807) is 67.6 Å². The van der Waals surface area contributed by atoms with Crippen LogP contribution in [0.2, 0.25) is 0 Å². The van der Waals surface area contributed by atoms with Gasteiger partial charge in [0.2, 0.25) is 0 Å². The number of allylic oxidation sites excluding steroid dienone is 2. The fourth-order valence-corrected chi connectivity index (χ4v) is 3.59. The van der Waals surface area contributed by atoms with Crippen LogP contribution in [0, 0.1) is 5.92 Å². The highest BCUT2D eigenvalue weighted by molar-refractivity contribution is 5.87. The number of aliphatic hydroxyl groups excluding tert-OH is 1. The molecular formula is C30H44O6. The minimum absolute atomic E-state index is 0.331. The third kappa shape index (κ3) is 16.6. The molecule has 0 radical (unpaired) electrons. The van der Waals surface area contributed by atoms with Crippen molar-refractivity contribution in [2.45, 2.75) is 84.3 Å². The Hall–Kier alpha value is -2.96. The standard InChI is InChI=1S/C16H32O2.2C7H6O2/c1-5-7-8-9-10-11-14(3)12-16(18,6-2)13-15(4)17;2*8-7(9)6-4-2-1-3-5-6/h10-11,14-15,17-18H,5-9,12-13H2,1-4H3;2*1-5H,(H,8,9). The molecule has 4 N–H and O–H groups in total. The van der Waals surface area contributed by atoms with Crippen LogP contribution in [0.4, 0.5) is 0 Å². The second kappa shape index (κ2) is 19.3. The van der Waals surface area contributed by atoms with E-state index in [-0.39, 0.29) is 0 Å². The van der Waals surface area contributed by atoms with Crippen molar-refractivity contribution in [3.63, 3.8) is 0 Å². The number of carboxylic acid groups (broad SMARTS) is 2. The molecule has 0 aliphatic rings. The molecule has 0 heterocycles. The molecule has 0 saturated carbocycles. The molecule has 0 bridgehead atoms. The molecule has 0 amide bonds. The lowest BCUT2D eigenvalue weighted by molar-refractivity contribution is -0.0222. The van der Waals surface area contributed by atoms with Crippen molar-refractivity contribution >= 4 is 11.9 Å². The lowest BCUT2D eigenvalue weighted by atomic mass is 9.84. The lowest BCUT2D eigenvalue weighted by Gasteiger charge is -2.30. The Balaban J connectivity index is 0.000000564. The van der Waals surface area contributed by atoms with Crippen LogP contribution in [-0.4, -0.2) is 44.1 Å². The molecule has 0 aromatic heterocycles. The molecule has 3 unspecified atom stereocenters.